The zero-order valence-corrected chi connectivity index (χ0v) is 7.60. The van der Waals surface area contributed by atoms with Gasteiger partial charge in [0.1, 0.15) is 0 Å². The van der Waals surface area contributed by atoms with Crippen molar-refractivity contribution in [3.05, 3.63) is 59.3 Å². The summed E-state index contributed by atoms with van der Waals surface area (Å²) in [6, 6.07) is 0. The van der Waals surface area contributed by atoms with E-state index in [2.05, 4.69) is 0 Å². The summed E-state index contributed by atoms with van der Waals surface area (Å²) in [7, 11) is 0. The first-order valence-corrected chi connectivity index (χ1v) is 4.46. The molecule has 14 heavy (non-hydrogen) atoms. The van der Waals surface area contributed by atoms with E-state index in [1.54, 1.807) is 6.08 Å². The number of allylic oxidation sites excluding steroid dienone is 9. The summed E-state index contributed by atoms with van der Waals surface area (Å²) in [4.78, 5) is 10.8. The van der Waals surface area contributed by atoms with Gasteiger partial charge in [-0.1, -0.05) is 42.5 Å². The number of aliphatic carboxylic acids is 1. The van der Waals surface area contributed by atoms with Crippen LogP contribution in [0.3, 0.4) is 0 Å². The molecule has 0 aromatic heterocycles. The van der Waals surface area contributed by atoms with Gasteiger partial charge < -0.3 is 5.11 Å². The number of carboxylic acids is 1. The first kappa shape index (κ1) is 8.75. The maximum absolute atomic E-state index is 10.8. The average molecular weight is 186 g/mol. The number of carboxylic acid groups (broad SMARTS) is 1. The summed E-state index contributed by atoms with van der Waals surface area (Å²) < 4.78 is 0. The highest BCUT2D eigenvalue weighted by Gasteiger charge is 2.15. The largest absolute Gasteiger partial charge is 0.478 e. The van der Waals surface area contributed by atoms with Gasteiger partial charge in [0.2, 0.25) is 0 Å². The van der Waals surface area contributed by atoms with Gasteiger partial charge >= 0.3 is 5.97 Å². The van der Waals surface area contributed by atoms with Gasteiger partial charge in [-0.3, -0.25) is 0 Å². The molecule has 0 aromatic carbocycles. The third-order valence-electron chi connectivity index (χ3n) is 2.29. The summed E-state index contributed by atoms with van der Waals surface area (Å²) in [6.45, 7) is 0. The Morgan fingerprint density at radius 2 is 2.00 bits per heavy atom. The molecule has 0 aliphatic heterocycles. The zero-order valence-electron chi connectivity index (χ0n) is 7.60. The Kier molecular flexibility index (Phi) is 2.19. The van der Waals surface area contributed by atoms with Crippen LogP contribution in [0.2, 0.25) is 0 Å². The van der Waals surface area contributed by atoms with Gasteiger partial charge in [-0.25, -0.2) is 4.79 Å². The van der Waals surface area contributed by atoms with Crippen molar-refractivity contribution in [1.29, 1.82) is 0 Å². The predicted molar refractivity (Wildman–Crippen MR) is 54.8 cm³/mol. The summed E-state index contributed by atoms with van der Waals surface area (Å²) in [6.07, 6.45) is 13.8. The third-order valence-corrected chi connectivity index (χ3v) is 2.29. The van der Waals surface area contributed by atoms with E-state index in [1.165, 1.54) is 0 Å². The maximum atomic E-state index is 10.8. The van der Waals surface area contributed by atoms with Crippen molar-refractivity contribution in [2.75, 3.05) is 0 Å². The van der Waals surface area contributed by atoms with Gasteiger partial charge in [0.25, 0.3) is 0 Å². The average Bonchev–Trinajstić information content (AvgIpc) is 2.41. The lowest BCUT2D eigenvalue weighted by atomic mass is 9.92. The Hall–Kier alpha value is -1.83. The second-order valence-corrected chi connectivity index (χ2v) is 3.23. The van der Waals surface area contributed by atoms with Crippen molar-refractivity contribution in [2.45, 2.75) is 6.42 Å². The van der Waals surface area contributed by atoms with Crippen molar-refractivity contribution < 1.29 is 9.90 Å². The smallest absolute Gasteiger partial charge is 0.331 e. The Morgan fingerprint density at radius 3 is 2.79 bits per heavy atom. The highest BCUT2D eigenvalue weighted by Crippen LogP contribution is 2.26. The lowest BCUT2D eigenvalue weighted by Crippen LogP contribution is -2.05. The number of hydrogen-bond acceptors (Lipinski definition) is 1. The molecule has 0 spiro atoms. The second kappa shape index (κ2) is 3.50. The minimum atomic E-state index is -0.835. The number of fused-ring (bicyclic) bond motifs is 1. The summed E-state index contributed by atoms with van der Waals surface area (Å²) in [5, 5.41) is 8.84. The van der Waals surface area contributed by atoms with E-state index in [4.69, 9.17) is 5.11 Å². The molecule has 0 bridgehead atoms. The van der Waals surface area contributed by atoms with Crippen molar-refractivity contribution >= 4 is 5.97 Å². The van der Waals surface area contributed by atoms with Crippen LogP contribution < -0.4 is 0 Å². The number of hydrogen-bond donors (Lipinski definition) is 1. The van der Waals surface area contributed by atoms with E-state index in [0.29, 0.717) is 12.0 Å². The molecule has 2 aliphatic carbocycles. The summed E-state index contributed by atoms with van der Waals surface area (Å²) in [5.41, 5.74) is 2.61. The van der Waals surface area contributed by atoms with Gasteiger partial charge in [-0.05, 0) is 11.1 Å². The van der Waals surface area contributed by atoms with Gasteiger partial charge in [0, 0.05) is 12.0 Å². The van der Waals surface area contributed by atoms with Crippen LogP contribution >= 0.6 is 0 Å². The monoisotopic (exact) mass is 186 g/mol. The Morgan fingerprint density at radius 1 is 1.14 bits per heavy atom. The van der Waals surface area contributed by atoms with Crippen molar-refractivity contribution in [3.8, 4) is 0 Å². The van der Waals surface area contributed by atoms with Crippen LogP contribution in [-0.4, -0.2) is 11.1 Å². The molecule has 0 unspecified atom stereocenters. The number of carbonyl (C=O) groups is 1. The quantitative estimate of drug-likeness (QED) is 0.682. The summed E-state index contributed by atoms with van der Waals surface area (Å²) in [5.74, 6) is -0.835. The molecular weight excluding hydrogens is 176 g/mol. The first-order valence-electron chi connectivity index (χ1n) is 4.46. The minimum absolute atomic E-state index is 0.448. The van der Waals surface area contributed by atoms with Crippen LogP contribution in [0.1, 0.15) is 6.42 Å². The fraction of sp³-hybridized carbons (Fsp3) is 0.0833. The van der Waals surface area contributed by atoms with E-state index >= 15 is 0 Å². The molecule has 0 heterocycles. The van der Waals surface area contributed by atoms with E-state index in [9.17, 15) is 4.79 Å². The van der Waals surface area contributed by atoms with Crippen LogP contribution in [0.4, 0.5) is 0 Å². The maximum Gasteiger partial charge on any atom is 0.331 e. The van der Waals surface area contributed by atoms with Crippen molar-refractivity contribution in [2.24, 2.45) is 0 Å². The fourth-order valence-electron chi connectivity index (χ4n) is 1.52. The highest BCUT2D eigenvalue weighted by molar-refractivity contribution is 5.88. The predicted octanol–water partition coefficient (Wildman–Crippen LogP) is 2.38. The lowest BCUT2D eigenvalue weighted by molar-refractivity contribution is -0.132. The van der Waals surface area contributed by atoms with E-state index in [1.807, 2.05) is 36.5 Å². The first-order chi connectivity index (χ1) is 6.77. The lowest BCUT2D eigenvalue weighted by Gasteiger charge is -2.12. The minimum Gasteiger partial charge on any atom is -0.478 e. The molecule has 0 saturated carbocycles. The molecule has 1 N–H and O–H groups in total. The standard InChI is InChI=1S/C12H10O2/c13-12(14)11-7-6-9-4-2-1-3-5-10(9)8-11/h1-7H,8H2,(H,13,14). The van der Waals surface area contributed by atoms with Crippen LogP contribution in [-0.2, 0) is 4.79 Å². The Labute approximate surface area is 82.2 Å². The highest BCUT2D eigenvalue weighted by atomic mass is 16.4. The van der Waals surface area contributed by atoms with Gasteiger partial charge in [0.15, 0.2) is 0 Å². The topological polar surface area (TPSA) is 37.3 Å². The normalized spacial score (nSPS) is 19.0. The van der Waals surface area contributed by atoms with Crippen LogP contribution in [0.5, 0.6) is 0 Å². The molecule has 0 aromatic rings. The molecule has 0 radical (unpaired) electrons. The molecule has 2 nitrogen and oxygen atoms in total. The van der Waals surface area contributed by atoms with E-state index in [0.717, 1.165) is 11.1 Å². The van der Waals surface area contributed by atoms with Crippen LogP contribution in [0.15, 0.2) is 59.3 Å². The molecule has 2 rings (SSSR count). The van der Waals surface area contributed by atoms with E-state index in [-0.39, 0.29) is 0 Å². The van der Waals surface area contributed by atoms with Crippen molar-refractivity contribution in [3.63, 3.8) is 0 Å². The molecule has 0 atom stereocenters. The van der Waals surface area contributed by atoms with Crippen LogP contribution in [0, 0.1) is 0 Å². The van der Waals surface area contributed by atoms with Crippen molar-refractivity contribution in [1.82, 2.24) is 0 Å². The summed E-state index contributed by atoms with van der Waals surface area (Å²) >= 11 is 0. The Balaban J connectivity index is 2.38. The molecule has 2 aliphatic rings. The Bertz CT molecular complexity index is 418. The third kappa shape index (κ3) is 1.59. The molecule has 0 saturated heterocycles. The molecule has 70 valence electrons. The molecule has 2 heteroatoms. The van der Waals surface area contributed by atoms with Gasteiger partial charge in [-0.15, -0.1) is 0 Å². The number of rotatable bonds is 1. The van der Waals surface area contributed by atoms with Gasteiger partial charge in [0.05, 0.1) is 0 Å². The second-order valence-electron chi connectivity index (χ2n) is 3.23. The molecule has 0 amide bonds. The fourth-order valence-corrected chi connectivity index (χ4v) is 1.52. The molecular formula is C12H10O2. The van der Waals surface area contributed by atoms with Crippen LogP contribution in [0.25, 0.3) is 0 Å². The molecule has 0 fully saturated rings. The zero-order chi connectivity index (χ0) is 9.97. The SMILES string of the molecule is O=C(O)C1=CC=C2C=CC=CC=C2C1. The van der Waals surface area contributed by atoms with Gasteiger partial charge in [-0.2, -0.15) is 0 Å². The van der Waals surface area contributed by atoms with E-state index < -0.39 is 5.97 Å².